The minimum atomic E-state index is 0.0431. The molecule has 0 fully saturated rings. The Bertz CT molecular complexity index is 553. The Morgan fingerprint density at radius 1 is 1.00 bits per heavy atom. The first kappa shape index (κ1) is 12.3. The van der Waals surface area contributed by atoms with Gasteiger partial charge in [0.1, 0.15) is 0 Å². The predicted molar refractivity (Wildman–Crippen MR) is 75.6 cm³/mol. The highest BCUT2D eigenvalue weighted by Gasteiger charge is 2.00. The van der Waals surface area contributed by atoms with Gasteiger partial charge in [-0.2, -0.15) is 0 Å². The third-order valence-electron chi connectivity index (χ3n) is 2.91. The number of rotatable bonds is 4. The summed E-state index contributed by atoms with van der Waals surface area (Å²) in [5.74, 6) is 0.0431. The Morgan fingerprint density at radius 3 is 2.39 bits per heavy atom. The number of benzene rings is 2. The summed E-state index contributed by atoms with van der Waals surface area (Å²) in [6, 6.07) is 17.5. The average molecular weight is 236 g/mol. The number of aryl methyl sites for hydroxylation is 1. The van der Waals surface area contributed by atoms with Crippen molar-refractivity contribution in [3.8, 4) is 0 Å². The van der Waals surface area contributed by atoms with E-state index in [-0.39, 0.29) is 5.78 Å². The van der Waals surface area contributed by atoms with Crippen molar-refractivity contribution in [1.29, 1.82) is 0 Å². The molecule has 0 N–H and O–H groups in total. The molecule has 90 valence electrons. The molecule has 0 aliphatic heterocycles. The molecule has 1 heteroatoms. The van der Waals surface area contributed by atoms with Crippen LogP contribution in [0.4, 0.5) is 0 Å². The Balaban J connectivity index is 2.19. The van der Waals surface area contributed by atoms with Crippen molar-refractivity contribution in [2.24, 2.45) is 0 Å². The Morgan fingerprint density at radius 2 is 1.67 bits per heavy atom. The van der Waals surface area contributed by atoms with Crippen LogP contribution in [0.1, 0.15) is 28.4 Å². The van der Waals surface area contributed by atoms with Crippen molar-refractivity contribution in [2.75, 3.05) is 0 Å². The van der Waals surface area contributed by atoms with E-state index in [1.54, 1.807) is 6.08 Å². The Hall–Kier alpha value is -2.15. The van der Waals surface area contributed by atoms with Gasteiger partial charge in [-0.15, -0.1) is 0 Å². The first-order chi connectivity index (χ1) is 8.81. The highest BCUT2D eigenvalue weighted by atomic mass is 16.1. The highest BCUT2D eigenvalue weighted by molar-refractivity contribution is 6.06. The summed E-state index contributed by atoms with van der Waals surface area (Å²) in [6.45, 7) is 2.12. The van der Waals surface area contributed by atoms with E-state index in [1.807, 2.05) is 54.6 Å². The van der Waals surface area contributed by atoms with Crippen molar-refractivity contribution in [3.63, 3.8) is 0 Å². The lowest BCUT2D eigenvalue weighted by Crippen LogP contribution is -1.93. The fourth-order valence-corrected chi connectivity index (χ4v) is 1.88. The number of ketones is 1. The maximum atomic E-state index is 11.9. The lowest BCUT2D eigenvalue weighted by molar-refractivity contribution is 0.104. The van der Waals surface area contributed by atoms with E-state index < -0.39 is 0 Å². The predicted octanol–water partition coefficient (Wildman–Crippen LogP) is 4.15. The lowest BCUT2D eigenvalue weighted by Gasteiger charge is -2.01. The normalized spacial score (nSPS) is 10.7. The van der Waals surface area contributed by atoms with E-state index in [1.165, 1.54) is 5.56 Å². The van der Waals surface area contributed by atoms with Gasteiger partial charge in [0.2, 0.25) is 0 Å². The van der Waals surface area contributed by atoms with Gasteiger partial charge in [-0.3, -0.25) is 4.79 Å². The maximum absolute atomic E-state index is 11.9. The maximum Gasteiger partial charge on any atom is 0.185 e. The van der Waals surface area contributed by atoms with Crippen LogP contribution in [0.3, 0.4) is 0 Å². The van der Waals surface area contributed by atoms with Gasteiger partial charge in [-0.05, 0) is 23.6 Å². The van der Waals surface area contributed by atoms with Gasteiger partial charge in [0.15, 0.2) is 5.78 Å². The van der Waals surface area contributed by atoms with Gasteiger partial charge < -0.3 is 0 Å². The second kappa shape index (κ2) is 5.97. The molecule has 2 aromatic rings. The Labute approximate surface area is 108 Å². The van der Waals surface area contributed by atoms with Gasteiger partial charge in [-0.1, -0.05) is 67.6 Å². The second-order valence-electron chi connectivity index (χ2n) is 4.12. The molecule has 0 aliphatic carbocycles. The molecule has 0 heterocycles. The minimum Gasteiger partial charge on any atom is -0.289 e. The molecule has 0 atom stereocenters. The average Bonchev–Trinajstić information content (AvgIpc) is 2.46. The van der Waals surface area contributed by atoms with Gasteiger partial charge in [0.25, 0.3) is 0 Å². The van der Waals surface area contributed by atoms with Gasteiger partial charge in [0, 0.05) is 5.56 Å². The molecule has 1 nitrogen and oxygen atoms in total. The standard InChI is InChI=1S/C17H16O/c1-2-14-8-6-7-9-15(14)12-13-17(18)16-10-4-3-5-11-16/h3-13H,2H2,1H3. The van der Waals surface area contributed by atoms with E-state index in [0.717, 1.165) is 17.5 Å². The summed E-state index contributed by atoms with van der Waals surface area (Å²) in [6.07, 6.45) is 4.51. The van der Waals surface area contributed by atoms with Crippen LogP contribution in [0.2, 0.25) is 0 Å². The fourth-order valence-electron chi connectivity index (χ4n) is 1.88. The molecule has 0 aromatic heterocycles. The third kappa shape index (κ3) is 2.95. The van der Waals surface area contributed by atoms with Crippen LogP contribution in [0, 0.1) is 0 Å². The van der Waals surface area contributed by atoms with Crippen molar-refractivity contribution in [2.45, 2.75) is 13.3 Å². The summed E-state index contributed by atoms with van der Waals surface area (Å²) < 4.78 is 0. The molecule has 0 unspecified atom stereocenters. The lowest BCUT2D eigenvalue weighted by atomic mass is 10.0. The first-order valence-electron chi connectivity index (χ1n) is 6.16. The van der Waals surface area contributed by atoms with Crippen molar-refractivity contribution in [1.82, 2.24) is 0 Å². The van der Waals surface area contributed by atoms with Crippen LogP contribution in [0.15, 0.2) is 60.7 Å². The van der Waals surface area contributed by atoms with E-state index >= 15 is 0 Å². The molecule has 0 spiro atoms. The van der Waals surface area contributed by atoms with Crippen LogP contribution in [-0.4, -0.2) is 5.78 Å². The number of carbonyl (C=O) groups is 1. The van der Waals surface area contributed by atoms with E-state index in [2.05, 4.69) is 13.0 Å². The third-order valence-corrected chi connectivity index (χ3v) is 2.91. The van der Waals surface area contributed by atoms with Crippen LogP contribution >= 0.6 is 0 Å². The van der Waals surface area contributed by atoms with Crippen molar-refractivity contribution < 1.29 is 4.79 Å². The molecule has 0 saturated heterocycles. The molecule has 0 bridgehead atoms. The topological polar surface area (TPSA) is 17.1 Å². The number of allylic oxidation sites excluding steroid dienone is 1. The summed E-state index contributed by atoms with van der Waals surface area (Å²) in [5, 5.41) is 0. The zero-order chi connectivity index (χ0) is 12.8. The van der Waals surface area contributed by atoms with Gasteiger partial charge in [-0.25, -0.2) is 0 Å². The molecule has 0 amide bonds. The summed E-state index contributed by atoms with van der Waals surface area (Å²) >= 11 is 0. The van der Waals surface area contributed by atoms with Crippen LogP contribution < -0.4 is 0 Å². The van der Waals surface area contributed by atoms with E-state index in [9.17, 15) is 4.79 Å². The molecule has 0 radical (unpaired) electrons. The monoisotopic (exact) mass is 236 g/mol. The minimum absolute atomic E-state index is 0.0431. The molecule has 0 saturated carbocycles. The number of hydrogen-bond donors (Lipinski definition) is 0. The summed E-state index contributed by atoms with van der Waals surface area (Å²) in [4.78, 5) is 11.9. The largest absolute Gasteiger partial charge is 0.289 e. The zero-order valence-electron chi connectivity index (χ0n) is 10.5. The smallest absolute Gasteiger partial charge is 0.185 e. The summed E-state index contributed by atoms with van der Waals surface area (Å²) in [5.41, 5.74) is 3.10. The molecular weight excluding hydrogens is 220 g/mol. The molecule has 2 rings (SSSR count). The molecule has 0 aliphatic rings. The number of hydrogen-bond acceptors (Lipinski definition) is 1. The van der Waals surface area contributed by atoms with Gasteiger partial charge in [0.05, 0.1) is 0 Å². The van der Waals surface area contributed by atoms with Crippen LogP contribution in [-0.2, 0) is 6.42 Å². The van der Waals surface area contributed by atoms with Crippen molar-refractivity contribution >= 4 is 11.9 Å². The first-order valence-corrected chi connectivity index (χ1v) is 6.16. The molecular formula is C17H16O. The Kier molecular flexibility index (Phi) is 4.08. The summed E-state index contributed by atoms with van der Waals surface area (Å²) in [7, 11) is 0. The quantitative estimate of drug-likeness (QED) is 0.576. The molecule has 2 aromatic carbocycles. The van der Waals surface area contributed by atoms with Crippen LogP contribution in [0.5, 0.6) is 0 Å². The second-order valence-corrected chi connectivity index (χ2v) is 4.12. The van der Waals surface area contributed by atoms with Gasteiger partial charge >= 0.3 is 0 Å². The van der Waals surface area contributed by atoms with Crippen molar-refractivity contribution in [3.05, 3.63) is 77.4 Å². The number of carbonyl (C=O) groups excluding carboxylic acids is 1. The van der Waals surface area contributed by atoms with E-state index in [0.29, 0.717) is 0 Å². The van der Waals surface area contributed by atoms with E-state index in [4.69, 9.17) is 0 Å². The SMILES string of the molecule is CCc1ccccc1C=CC(=O)c1ccccc1. The highest BCUT2D eigenvalue weighted by Crippen LogP contribution is 2.12. The molecule has 18 heavy (non-hydrogen) atoms. The van der Waals surface area contributed by atoms with Crippen LogP contribution in [0.25, 0.3) is 6.08 Å². The fraction of sp³-hybridized carbons (Fsp3) is 0.118. The zero-order valence-corrected chi connectivity index (χ0v) is 10.5.